The number of rotatable bonds is 10. The third kappa shape index (κ3) is 5.19. The standard InChI is InChI=1S/C22H28N2O3S2/c25-13-15(26)7-3-1-5-9-17(27)19-20(14-11-12-14)29-22(24-19)21-23-16-8-4-2-6-10-18(16)28-21/h14,25H,1-13H2. The summed E-state index contributed by atoms with van der Waals surface area (Å²) >= 11 is 3.44. The van der Waals surface area contributed by atoms with Gasteiger partial charge in [-0.1, -0.05) is 12.8 Å². The number of aromatic nitrogens is 2. The van der Waals surface area contributed by atoms with Gasteiger partial charge in [-0.2, -0.15) is 0 Å². The number of ketones is 2. The summed E-state index contributed by atoms with van der Waals surface area (Å²) in [5.41, 5.74) is 1.92. The molecule has 2 aliphatic rings. The van der Waals surface area contributed by atoms with Gasteiger partial charge >= 0.3 is 0 Å². The molecule has 7 heteroatoms. The average molecular weight is 433 g/mol. The maximum atomic E-state index is 12.9. The van der Waals surface area contributed by atoms with Crippen molar-refractivity contribution in [1.82, 2.24) is 9.97 Å². The number of aliphatic hydroxyl groups excluding tert-OH is 1. The number of aliphatic hydroxyl groups is 1. The lowest BCUT2D eigenvalue weighted by atomic mass is 10.1. The Bertz CT molecular complexity index is 859. The molecular weight excluding hydrogens is 404 g/mol. The van der Waals surface area contributed by atoms with Crippen molar-refractivity contribution < 1.29 is 14.7 Å². The van der Waals surface area contributed by atoms with Crippen molar-refractivity contribution in [3.63, 3.8) is 0 Å². The fraction of sp³-hybridized carbons (Fsp3) is 0.636. The van der Waals surface area contributed by atoms with E-state index in [2.05, 4.69) is 0 Å². The SMILES string of the molecule is O=C(CO)CCCCCC(=O)c1nc(-c2nc3c(s2)CCCCC3)sc1C1CC1. The van der Waals surface area contributed by atoms with Gasteiger partial charge in [-0.15, -0.1) is 22.7 Å². The van der Waals surface area contributed by atoms with E-state index in [0.717, 1.165) is 59.8 Å². The molecule has 0 bridgehead atoms. The van der Waals surface area contributed by atoms with Crippen LogP contribution in [0, 0.1) is 0 Å². The van der Waals surface area contributed by atoms with Crippen LogP contribution in [0.25, 0.3) is 10.0 Å². The second kappa shape index (κ2) is 9.58. The Morgan fingerprint density at radius 2 is 1.69 bits per heavy atom. The van der Waals surface area contributed by atoms with Crippen LogP contribution < -0.4 is 0 Å². The first-order chi connectivity index (χ1) is 14.2. The molecule has 0 radical (unpaired) electrons. The lowest BCUT2D eigenvalue weighted by Gasteiger charge is -2.01. The maximum Gasteiger partial charge on any atom is 0.182 e. The normalized spacial score (nSPS) is 16.4. The number of hydrogen-bond donors (Lipinski definition) is 1. The molecule has 2 aliphatic carbocycles. The number of unbranched alkanes of at least 4 members (excludes halogenated alkanes) is 2. The Balaban J connectivity index is 1.43. The number of carbonyl (C=O) groups excluding carboxylic acids is 2. The zero-order valence-corrected chi connectivity index (χ0v) is 18.4. The predicted octanol–water partition coefficient (Wildman–Crippen LogP) is 5.11. The van der Waals surface area contributed by atoms with E-state index in [1.807, 2.05) is 0 Å². The summed E-state index contributed by atoms with van der Waals surface area (Å²) in [5.74, 6) is 0.500. The predicted molar refractivity (Wildman–Crippen MR) is 116 cm³/mol. The maximum absolute atomic E-state index is 12.9. The van der Waals surface area contributed by atoms with Gasteiger partial charge in [-0.3, -0.25) is 9.59 Å². The molecule has 0 saturated heterocycles. The van der Waals surface area contributed by atoms with Crippen LogP contribution in [0.1, 0.15) is 96.1 Å². The van der Waals surface area contributed by atoms with E-state index in [4.69, 9.17) is 15.1 Å². The topological polar surface area (TPSA) is 80.1 Å². The fourth-order valence-corrected chi connectivity index (χ4v) is 6.27. The molecule has 0 unspecified atom stereocenters. The highest BCUT2D eigenvalue weighted by molar-refractivity contribution is 7.21. The third-order valence-electron chi connectivity index (χ3n) is 5.68. The van der Waals surface area contributed by atoms with E-state index in [0.29, 0.717) is 24.5 Å². The molecule has 2 heterocycles. The zero-order chi connectivity index (χ0) is 20.2. The third-order valence-corrected chi connectivity index (χ3v) is 8.20. The monoisotopic (exact) mass is 432 g/mol. The van der Waals surface area contributed by atoms with Crippen molar-refractivity contribution in [2.75, 3.05) is 6.61 Å². The first kappa shape index (κ1) is 20.8. The van der Waals surface area contributed by atoms with Gasteiger partial charge in [0.25, 0.3) is 0 Å². The molecule has 4 rings (SSSR count). The second-order valence-electron chi connectivity index (χ2n) is 8.14. The fourth-order valence-electron chi connectivity index (χ4n) is 3.85. The van der Waals surface area contributed by atoms with E-state index in [1.54, 1.807) is 22.7 Å². The van der Waals surface area contributed by atoms with Crippen LogP contribution in [0.3, 0.4) is 0 Å². The smallest absolute Gasteiger partial charge is 0.182 e. The van der Waals surface area contributed by atoms with Crippen molar-refractivity contribution in [1.29, 1.82) is 0 Å². The summed E-state index contributed by atoms with van der Waals surface area (Å²) in [5, 5.41) is 10.7. The van der Waals surface area contributed by atoms with E-state index in [1.165, 1.54) is 29.8 Å². The van der Waals surface area contributed by atoms with Gasteiger partial charge in [0.2, 0.25) is 0 Å². The molecule has 5 nitrogen and oxygen atoms in total. The highest BCUT2D eigenvalue weighted by atomic mass is 32.1. The summed E-state index contributed by atoms with van der Waals surface area (Å²) in [4.78, 5) is 36.2. The van der Waals surface area contributed by atoms with Crippen molar-refractivity contribution in [2.45, 2.75) is 83.0 Å². The number of fused-ring (bicyclic) bond motifs is 1. The van der Waals surface area contributed by atoms with Crippen molar-refractivity contribution in [2.24, 2.45) is 0 Å². The van der Waals surface area contributed by atoms with Crippen LogP contribution in [-0.2, 0) is 17.6 Å². The zero-order valence-electron chi connectivity index (χ0n) is 16.7. The van der Waals surface area contributed by atoms with Gasteiger partial charge in [0.15, 0.2) is 21.6 Å². The van der Waals surface area contributed by atoms with Crippen LogP contribution in [0.2, 0.25) is 0 Å². The van der Waals surface area contributed by atoms with E-state index < -0.39 is 0 Å². The number of Topliss-reactive ketones (excluding diaryl/α,β-unsaturated/α-hetero) is 2. The Kier molecular flexibility index (Phi) is 6.88. The van der Waals surface area contributed by atoms with E-state index in [9.17, 15) is 9.59 Å². The molecule has 0 atom stereocenters. The number of carbonyl (C=O) groups is 2. The van der Waals surface area contributed by atoms with Crippen molar-refractivity contribution >= 4 is 34.2 Å². The molecule has 0 aliphatic heterocycles. The van der Waals surface area contributed by atoms with Crippen molar-refractivity contribution in [3.05, 3.63) is 21.1 Å². The van der Waals surface area contributed by atoms with Gasteiger partial charge in [-0.25, -0.2) is 9.97 Å². The molecule has 2 aromatic rings. The van der Waals surface area contributed by atoms with Gasteiger partial charge in [0.1, 0.15) is 12.3 Å². The molecule has 1 saturated carbocycles. The molecular formula is C22H28N2O3S2. The van der Waals surface area contributed by atoms with Crippen LogP contribution >= 0.6 is 22.7 Å². The van der Waals surface area contributed by atoms with Crippen LogP contribution in [0.4, 0.5) is 0 Å². The lowest BCUT2D eigenvalue weighted by molar-refractivity contribution is -0.121. The Hall–Kier alpha value is -1.44. The minimum Gasteiger partial charge on any atom is -0.389 e. The first-order valence-corrected chi connectivity index (χ1v) is 12.4. The summed E-state index contributed by atoms with van der Waals surface area (Å²) in [7, 11) is 0. The Morgan fingerprint density at radius 1 is 0.931 bits per heavy atom. The van der Waals surface area contributed by atoms with Gasteiger partial charge < -0.3 is 5.11 Å². The Labute approximate surface area is 179 Å². The molecule has 0 amide bonds. The van der Waals surface area contributed by atoms with E-state index in [-0.39, 0.29) is 18.2 Å². The summed E-state index contributed by atoms with van der Waals surface area (Å²) in [6, 6.07) is 0. The van der Waals surface area contributed by atoms with E-state index >= 15 is 0 Å². The number of hydrogen-bond acceptors (Lipinski definition) is 7. The molecule has 2 aromatic heterocycles. The average Bonchev–Trinajstić information content (AvgIpc) is 3.41. The number of thiazole rings is 2. The molecule has 0 spiro atoms. The molecule has 1 N–H and O–H groups in total. The highest BCUT2D eigenvalue weighted by Crippen LogP contribution is 2.47. The summed E-state index contributed by atoms with van der Waals surface area (Å²) in [6.45, 7) is -0.383. The minimum atomic E-state index is -0.383. The van der Waals surface area contributed by atoms with Gasteiger partial charge in [0, 0.05) is 22.6 Å². The highest BCUT2D eigenvalue weighted by Gasteiger charge is 2.32. The molecule has 29 heavy (non-hydrogen) atoms. The van der Waals surface area contributed by atoms with Crippen LogP contribution in [0.15, 0.2) is 0 Å². The Morgan fingerprint density at radius 3 is 2.48 bits per heavy atom. The molecule has 0 aromatic carbocycles. The minimum absolute atomic E-state index is 0.126. The second-order valence-corrected chi connectivity index (χ2v) is 10.3. The van der Waals surface area contributed by atoms with Gasteiger partial charge in [-0.05, 0) is 57.3 Å². The first-order valence-electron chi connectivity index (χ1n) is 10.8. The number of nitrogens with zero attached hydrogens (tertiary/aromatic N) is 2. The van der Waals surface area contributed by atoms with Gasteiger partial charge in [0.05, 0.1) is 5.69 Å². The van der Waals surface area contributed by atoms with Crippen molar-refractivity contribution in [3.8, 4) is 10.0 Å². The van der Waals surface area contributed by atoms with Crippen LogP contribution in [-0.4, -0.2) is 33.2 Å². The quantitative estimate of drug-likeness (QED) is 0.321. The molecule has 156 valence electrons. The molecule has 1 fully saturated rings. The largest absolute Gasteiger partial charge is 0.389 e. The summed E-state index contributed by atoms with van der Waals surface area (Å²) in [6.07, 6.45) is 11.4. The lowest BCUT2D eigenvalue weighted by Crippen LogP contribution is -2.04. The van der Waals surface area contributed by atoms with Crippen LogP contribution in [0.5, 0.6) is 0 Å². The number of aryl methyl sites for hydroxylation is 2. The summed E-state index contributed by atoms with van der Waals surface area (Å²) < 4.78 is 0.